The average molecular weight is 398 g/mol. The molecule has 4 heterocycles. The topological polar surface area (TPSA) is 93.8 Å². The van der Waals surface area contributed by atoms with E-state index >= 15 is 0 Å². The van der Waals surface area contributed by atoms with E-state index in [1.54, 1.807) is 28.3 Å². The Labute approximate surface area is 166 Å². The van der Waals surface area contributed by atoms with Crippen molar-refractivity contribution in [3.8, 4) is 0 Å². The fourth-order valence-corrected chi connectivity index (χ4v) is 4.00. The molecule has 2 N–H and O–H groups in total. The van der Waals surface area contributed by atoms with Crippen LogP contribution in [-0.4, -0.2) is 31.4 Å². The van der Waals surface area contributed by atoms with Gasteiger partial charge in [0.05, 0.1) is 13.1 Å². The van der Waals surface area contributed by atoms with Crippen molar-refractivity contribution in [3.05, 3.63) is 68.8 Å². The third kappa shape index (κ3) is 4.30. The molecule has 2 amide bonds. The molecule has 0 bridgehead atoms. The summed E-state index contributed by atoms with van der Waals surface area (Å²) in [6.07, 6.45) is 5.57. The van der Waals surface area contributed by atoms with Crippen LogP contribution in [-0.2, 0) is 26.1 Å². The quantitative estimate of drug-likeness (QED) is 0.685. The lowest BCUT2D eigenvalue weighted by Gasteiger charge is -2.16. The number of urea groups is 1. The smallest absolute Gasteiger partial charge is 0.335 e. The summed E-state index contributed by atoms with van der Waals surface area (Å²) < 4.78 is 3.22. The lowest BCUT2D eigenvalue weighted by atomic mass is 10.1. The number of nitrogens with one attached hydrogen (secondary N) is 2. The van der Waals surface area contributed by atoms with Crippen molar-refractivity contribution in [2.24, 2.45) is 0 Å². The molecule has 0 radical (unpaired) electrons. The molecule has 0 spiro atoms. The van der Waals surface area contributed by atoms with Crippen molar-refractivity contribution in [2.75, 3.05) is 0 Å². The highest BCUT2D eigenvalue weighted by Gasteiger charge is 2.22. The number of rotatable bonds is 5. The molecule has 0 saturated carbocycles. The molecule has 146 valence electrons. The first kappa shape index (κ1) is 18.4. The van der Waals surface area contributed by atoms with Gasteiger partial charge in [0.15, 0.2) is 0 Å². The number of amides is 2. The third-order valence-electron chi connectivity index (χ3n) is 4.81. The van der Waals surface area contributed by atoms with Crippen LogP contribution >= 0.6 is 11.3 Å². The van der Waals surface area contributed by atoms with Gasteiger partial charge in [0, 0.05) is 36.3 Å². The molecule has 9 heteroatoms. The normalized spacial score (nSPS) is 16.2. The van der Waals surface area contributed by atoms with Crippen LogP contribution < -0.4 is 16.3 Å². The Morgan fingerprint density at radius 2 is 2.21 bits per heavy atom. The molecule has 0 aliphatic carbocycles. The van der Waals surface area contributed by atoms with Crippen LogP contribution in [0.2, 0.25) is 0 Å². The molecule has 4 rings (SSSR count). The van der Waals surface area contributed by atoms with Gasteiger partial charge in [0.25, 0.3) is 0 Å². The maximum atomic E-state index is 12.7. The predicted octanol–water partition coefficient (Wildman–Crippen LogP) is 1.75. The van der Waals surface area contributed by atoms with Crippen molar-refractivity contribution >= 4 is 17.4 Å². The van der Waals surface area contributed by atoms with E-state index in [0.29, 0.717) is 32.5 Å². The molecule has 0 fully saturated rings. The van der Waals surface area contributed by atoms with Crippen LogP contribution in [0.15, 0.2) is 46.8 Å². The fourth-order valence-electron chi connectivity index (χ4n) is 3.36. The van der Waals surface area contributed by atoms with E-state index in [1.807, 2.05) is 29.6 Å². The van der Waals surface area contributed by atoms with Crippen molar-refractivity contribution in [1.29, 1.82) is 0 Å². The van der Waals surface area contributed by atoms with E-state index in [2.05, 4.69) is 20.7 Å². The van der Waals surface area contributed by atoms with Crippen LogP contribution in [0.25, 0.3) is 0 Å². The third-order valence-corrected chi connectivity index (χ3v) is 5.69. The van der Waals surface area contributed by atoms with Gasteiger partial charge >= 0.3 is 11.7 Å². The number of nitrogens with zero attached hydrogens (tertiary/aromatic N) is 4. The van der Waals surface area contributed by atoms with E-state index in [-0.39, 0.29) is 17.8 Å². The summed E-state index contributed by atoms with van der Waals surface area (Å²) in [5, 5.41) is 12.4. The summed E-state index contributed by atoms with van der Waals surface area (Å²) >= 11 is 1.62. The standard InChI is InChI=1S/C19H22N6O2S/c26-18(21-12-16-4-2-10-28-16)22-15-5-6-17-23-25(19(27)24(17)9-7-15)13-14-3-1-8-20-11-14/h1-4,8,10-11,15H,5-7,9,12-13H2,(H2,21,22,26). The van der Waals surface area contributed by atoms with Gasteiger partial charge in [-0.05, 0) is 35.9 Å². The second-order valence-electron chi connectivity index (χ2n) is 6.80. The van der Waals surface area contributed by atoms with Crippen LogP contribution in [0.3, 0.4) is 0 Å². The Balaban J connectivity index is 1.34. The largest absolute Gasteiger partial charge is 0.346 e. The molecule has 3 aromatic rings. The monoisotopic (exact) mass is 398 g/mol. The highest BCUT2D eigenvalue weighted by molar-refractivity contribution is 7.09. The molecule has 0 aromatic carbocycles. The Hall–Kier alpha value is -2.94. The molecule has 1 aliphatic rings. The lowest BCUT2D eigenvalue weighted by Crippen LogP contribution is -2.42. The summed E-state index contributed by atoms with van der Waals surface area (Å²) in [6.45, 7) is 1.49. The number of hydrogen-bond acceptors (Lipinski definition) is 5. The Morgan fingerprint density at radius 3 is 3.00 bits per heavy atom. The van der Waals surface area contributed by atoms with Gasteiger partial charge in [-0.1, -0.05) is 12.1 Å². The highest BCUT2D eigenvalue weighted by atomic mass is 32.1. The van der Waals surface area contributed by atoms with Crippen molar-refractivity contribution in [3.63, 3.8) is 0 Å². The van der Waals surface area contributed by atoms with Crippen LogP contribution in [0, 0.1) is 0 Å². The predicted molar refractivity (Wildman–Crippen MR) is 106 cm³/mol. The number of aryl methyl sites for hydroxylation is 1. The van der Waals surface area contributed by atoms with Gasteiger partial charge in [-0.3, -0.25) is 9.55 Å². The number of carbonyl (C=O) groups excluding carboxylic acids is 1. The van der Waals surface area contributed by atoms with Gasteiger partial charge in [-0.15, -0.1) is 11.3 Å². The van der Waals surface area contributed by atoms with Crippen molar-refractivity contribution in [2.45, 2.75) is 44.9 Å². The van der Waals surface area contributed by atoms with Crippen molar-refractivity contribution < 1.29 is 4.79 Å². The number of pyridine rings is 1. The first-order valence-electron chi connectivity index (χ1n) is 9.31. The second-order valence-corrected chi connectivity index (χ2v) is 7.83. The highest BCUT2D eigenvalue weighted by Crippen LogP contribution is 2.13. The summed E-state index contributed by atoms with van der Waals surface area (Å²) in [7, 11) is 0. The minimum atomic E-state index is -0.174. The Bertz CT molecular complexity index is 980. The minimum Gasteiger partial charge on any atom is -0.335 e. The molecule has 0 saturated heterocycles. The molecule has 1 aliphatic heterocycles. The van der Waals surface area contributed by atoms with Gasteiger partial charge in [-0.2, -0.15) is 5.10 Å². The maximum Gasteiger partial charge on any atom is 0.346 e. The van der Waals surface area contributed by atoms with Gasteiger partial charge in [-0.25, -0.2) is 14.3 Å². The maximum absolute atomic E-state index is 12.7. The number of aromatic nitrogens is 4. The molecule has 1 unspecified atom stereocenters. The molecular formula is C19H22N6O2S. The van der Waals surface area contributed by atoms with Gasteiger partial charge in [0.2, 0.25) is 0 Å². The first-order chi connectivity index (χ1) is 13.7. The van der Waals surface area contributed by atoms with E-state index < -0.39 is 0 Å². The minimum absolute atomic E-state index is 0.0243. The SMILES string of the molecule is O=C(NCc1cccs1)NC1CCc2nn(Cc3cccnc3)c(=O)n2CC1. The van der Waals surface area contributed by atoms with E-state index in [4.69, 9.17) is 0 Å². The zero-order valence-corrected chi connectivity index (χ0v) is 16.2. The average Bonchev–Trinajstić information content (AvgIpc) is 3.27. The molecule has 28 heavy (non-hydrogen) atoms. The molecule has 1 atom stereocenters. The van der Waals surface area contributed by atoms with Crippen LogP contribution in [0.5, 0.6) is 0 Å². The fraction of sp³-hybridized carbons (Fsp3) is 0.368. The van der Waals surface area contributed by atoms with E-state index in [1.165, 1.54) is 4.68 Å². The summed E-state index contributed by atoms with van der Waals surface area (Å²) in [5.74, 6) is 0.775. The number of thiophene rings is 1. The van der Waals surface area contributed by atoms with E-state index in [9.17, 15) is 9.59 Å². The zero-order chi connectivity index (χ0) is 19.3. The Morgan fingerprint density at radius 1 is 1.29 bits per heavy atom. The summed E-state index contributed by atoms with van der Waals surface area (Å²) in [4.78, 5) is 30.0. The number of fused-ring (bicyclic) bond motifs is 1. The van der Waals surface area contributed by atoms with Crippen LogP contribution in [0.4, 0.5) is 4.79 Å². The summed E-state index contributed by atoms with van der Waals surface area (Å²) in [5.41, 5.74) is 0.835. The van der Waals surface area contributed by atoms with E-state index in [0.717, 1.165) is 22.7 Å². The number of hydrogen-bond donors (Lipinski definition) is 2. The number of carbonyl (C=O) groups is 1. The van der Waals surface area contributed by atoms with Gasteiger partial charge in [0.1, 0.15) is 5.82 Å². The van der Waals surface area contributed by atoms with Crippen LogP contribution in [0.1, 0.15) is 29.1 Å². The zero-order valence-electron chi connectivity index (χ0n) is 15.4. The molecule has 3 aromatic heterocycles. The molecular weight excluding hydrogens is 376 g/mol. The summed E-state index contributed by atoms with van der Waals surface area (Å²) in [6, 6.07) is 7.59. The van der Waals surface area contributed by atoms with Gasteiger partial charge < -0.3 is 10.6 Å². The molecule has 8 nitrogen and oxygen atoms in total. The lowest BCUT2D eigenvalue weighted by molar-refractivity contribution is 0.235. The second kappa shape index (κ2) is 8.39. The first-order valence-corrected chi connectivity index (χ1v) is 10.2. The Kier molecular flexibility index (Phi) is 5.52. The van der Waals surface area contributed by atoms with Crippen molar-refractivity contribution in [1.82, 2.24) is 30.0 Å².